The number of aryl methyl sites for hydroxylation is 1. The number of amides is 1. The molecule has 3 N–H and O–H groups in total. The highest BCUT2D eigenvalue weighted by atomic mass is 79.9. The van der Waals surface area contributed by atoms with Crippen LogP contribution >= 0.6 is 15.9 Å². The van der Waals surface area contributed by atoms with Crippen LogP contribution in [0.5, 0.6) is 5.75 Å². The zero-order chi connectivity index (χ0) is 33.3. The summed E-state index contributed by atoms with van der Waals surface area (Å²) < 4.78 is 7.02. The Morgan fingerprint density at radius 2 is 1.67 bits per heavy atom. The Morgan fingerprint density at radius 1 is 0.957 bits per heavy atom. The Bertz CT molecular complexity index is 1780. The van der Waals surface area contributed by atoms with Crippen LogP contribution in [0.2, 0.25) is 0 Å². The predicted molar refractivity (Wildman–Crippen MR) is 188 cm³/mol. The first-order valence-electron chi connectivity index (χ1n) is 15.2. The number of fused-ring (bicyclic) bond motifs is 1. The lowest BCUT2D eigenvalue weighted by Gasteiger charge is -2.21. The van der Waals surface area contributed by atoms with E-state index in [2.05, 4.69) is 56.2 Å². The Hall–Kier alpha value is -4.47. The number of carboxylic acid groups (broad SMARTS) is 1. The molecule has 3 aromatic carbocycles. The molecule has 0 saturated carbocycles. The van der Waals surface area contributed by atoms with Crippen LogP contribution in [-0.4, -0.2) is 57.6 Å². The smallest absolute Gasteiger partial charge is 0.335 e. The summed E-state index contributed by atoms with van der Waals surface area (Å²) in [6, 6.07) is 23.6. The fraction of sp³-hybridized carbons (Fsp3) is 0.270. The lowest BCUT2D eigenvalue weighted by molar-refractivity contribution is 0.0696. The first-order chi connectivity index (χ1) is 21.9. The molecule has 2 aromatic heterocycles. The summed E-state index contributed by atoms with van der Waals surface area (Å²) in [5, 5.41) is 12.6. The van der Waals surface area contributed by atoms with Crippen molar-refractivity contribution in [2.45, 2.75) is 46.1 Å². The monoisotopic (exact) mass is 684 g/mol. The molecule has 8 nitrogen and oxygen atoms in total. The lowest BCUT2D eigenvalue weighted by Crippen LogP contribution is -2.24. The molecule has 0 aliphatic rings. The second-order valence-electron chi connectivity index (χ2n) is 12.1. The van der Waals surface area contributed by atoms with Crippen LogP contribution in [0.1, 0.15) is 58.3 Å². The van der Waals surface area contributed by atoms with Crippen LogP contribution in [0.25, 0.3) is 10.9 Å². The van der Waals surface area contributed by atoms with E-state index in [4.69, 9.17) is 9.84 Å². The normalized spacial score (nSPS) is 11.2. The SMILES string of the molecule is Cc1[nH]c2ccc(NC(=O)c3cccc(OC(C)(C)C)c3)cc2c1CCN(C)CCc1cnccc1Br.O=C(O)c1ccccc1. The Kier molecular flexibility index (Phi) is 11.7. The molecule has 0 radical (unpaired) electrons. The van der Waals surface area contributed by atoms with Crippen LogP contribution in [0.3, 0.4) is 0 Å². The van der Waals surface area contributed by atoms with E-state index in [1.54, 1.807) is 48.7 Å². The highest BCUT2D eigenvalue weighted by Gasteiger charge is 2.15. The number of aromatic amines is 1. The van der Waals surface area contributed by atoms with E-state index in [1.807, 2.05) is 57.3 Å². The molecule has 0 aliphatic heterocycles. The first-order valence-corrected chi connectivity index (χ1v) is 16.0. The number of carboxylic acids is 1. The van der Waals surface area contributed by atoms with Crippen LogP contribution in [0, 0.1) is 6.92 Å². The van der Waals surface area contributed by atoms with Gasteiger partial charge in [0.05, 0.1) is 5.56 Å². The van der Waals surface area contributed by atoms with E-state index < -0.39 is 5.97 Å². The second kappa shape index (κ2) is 15.7. The molecule has 0 bridgehead atoms. The number of ether oxygens (including phenoxy) is 1. The van der Waals surface area contributed by atoms with Crippen molar-refractivity contribution in [3.63, 3.8) is 0 Å². The van der Waals surface area contributed by atoms with Crippen LogP contribution in [-0.2, 0) is 12.8 Å². The number of hydrogen-bond acceptors (Lipinski definition) is 5. The van der Waals surface area contributed by atoms with Crippen molar-refractivity contribution < 1.29 is 19.4 Å². The van der Waals surface area contributed by atoms with Crippen LogP contribution < -0.4 is 10.1 Å². The highest BCUT2D eigenvalue weighted by molar-refractivity contribution is 9.10. The number of aromatic nitrogens is 2. The number of anilines is 1. The van der Waals surface area contributed by atoms with Crippen molar-refractivity contribution >= 4 is 44.4 Å². The molecule has 240 valence electrons. The zero-order valence-corrected chi connectivity index (χ0v) is 28.5. The van der Waals surface area contributed by atoms with Gasteiger partial charge in [-0.05, 0) is 113 Å². The number of hydrogen-bond donors (Lipinski definition) is 3. The van der Waals surface area contributed by atoms with Gasteiger partial charge in [0.2, 0.25) is 0 Å². The number of nitrogens with zero attached hydrogens (tertiary/aromatic N) is 2. The Balaban J connectivity index is 0.000000459. The average molecular weight is 686 g/mol. The molecule has 9 heteroatoms. The molecule has 46 heavy (non-hydrogen) atoms. The van der Waals surface area contributed by atoms with Gasteiger partial charge in [-0.3, -0.25) is 9.78 Å². The fourth-order valence-electron chi connectivity index (χ4n) is 4.94. The fourth-order valence-corrected chi connectivity index (χ4v) is 5.36. The molecule has 0 spiro atoms. The number of pyridine rings is 1. The molecule has 5 aromatic rings. The van der Waals surface area contributed by atoms with Crippen molar-refractivity contribution in [2.24, 2.45) is 0 Å². The quantitative estimate of drug-likeness (QED) is 0.137. The van der Waals surface area contributed by atoms with Crippen molar-refractivity contribution in [3.05, 3.63) is 124 Å². The summed E-state index contributed by atoms with van der Waals surface area (Å²) in [6.07, 6.45) is 5.58. The molecular weight excluding hydrogens is 644 g/mol. The first kappa shape index (κ1) is 34.4. The molecule has 0 saturated heterocycles. The van der Waals surface area contributed by atoms with Crippen molar-refractivity contribution in [2.75, 3.05) is 25.5 Å². The van der Waals surface area contributed by atoms with Gasteiger partial charge in [-0.1, -0.05) is 40.2 Å². The molecule has 5 rings (SSSR count). The lowest BCUT2D eigenvalue weighted by atomic mass is 10.1. The van der Waals surface area contributed by atoms with Gasteiger partial charge in [0.1, 0.15) is 11.4 Å². The molecule has 2 heterocycles. The van der Waals surface area contributed by atoms with E-state index in [-0.39, 0.29) is 11.5 Å². The number of likely N-dealkylation sites (N-methyl/N-ethyl adjacent to an activating group) is 1. The number of halogens is 1. The minimum atomic E-state index is -0.879. The molecule has 0 unspecified atom stereocenters. The van der Waals surface area contributed by atoms with E-state index in [1.165, 1.54) is 11.1 Å². The third-order valence-corrected chi connectivity index (χ3v) is 8.04. The van der Waals surface area contributed by atoms with Gasteiger partial charge in [0.15, 0.2) is 0 Å². The maximum atomic E-state index is 13.0. The number of carbonyl (C=O) groups is 2. The molecular formula is C37H41BrN4O4. The minimum absolute atomic E-state index is 0.159. The van der Waals surface area contributed by atoms with E-state index in [9.17, 15) is 9.59 Å². The van der Waals surface area contributed by atoms with Gasteiger partial charge >= 0.3 is 5.97 Å². The number of H-pyrrole nitrogens is 1. The van der Waals surface area contributed by atoms with E-state index in [0.717, 1.165) is 52.7 Å². The summed E-state index contributed by atoms with van der Waals surface area (Å²) >= 11 is 3.61. The second-order valence-corrected chi connectivity index (χ2v) is 13.0. The van der Waals surface area contributed by atoms with E-state index in [0.29, 0.717) is 16.9 Å². The third kappa shape index (κ3) is 10.0. The summed E-state index contributed by atoms with van der Waals surface area (Å²) in [4.78, 5) is 33.3. The van der Waals surface area contributed by atoms with Crippen molar-refractivity contribution in [1.29, 1.82) is 0 Å². The standard InChI is InChI=1S/C30H35BrN4O2.C7H6O2/c1-20-25(13-16-35(5)15-12-22-19-32-14-11-27(22)31)26-18-23(9-10-28(26)33-20)34-29(36)21-7-6-8-24(17-21)37-30(2,3)4;8-7(9)6-4-2-1-3-5-6/h6-11,14,17-19,33H,12-13,15-16H2,1-5H3,(H,34,36);1-5H,(H,8,9). The van der Waals surface area contributed by atoms with Crippen LogP contribution in [0.4, 0.5) is 5.69 Å². The predicted octanol–water partition coefficient (Wildman–Crippen LogP) is 8.17. The van der Waals surface area contributed by atoms with Gasteiger partial charge < -0.3 is 25.0 Å². The zero-order valence-electron chi connectivity index (χ0n) is 26.9. The number of benzene rings is 3. The van der Waals surface area contributed by atoms with E-state index >= 15 is 0 Å². The number of carbonyl (C=O) groups excluding carboxylic acids is 1. The molecule has 1 amide bonds. The van der Waals surface area contributed by atoms with Crippen molar-refractivity contribution in [3.8, 4) is 5.75 Å². The highest BCUT2D eigenvalue weighted by Crippen LogP contribution is 2.27. The Labute approximate surface area is 279 Å². The molecule has 0 fully saturated rings. The summed E-state index contributed by atoms with van der Waals surface area (Å²) in [5.74, 6) is -0.358. The number of aromatic carboxylic acids is 1. The summed E-state index contributed by atoms with van der Waals surface area (Å²) in [5.41, 5.74) is 6.07. The van der Waals surface area contributed by atoms with Gasteiger partial charge in [0.25, 0.3) is 5.91 Å². The maximum absolute atomic E-state index is 13.0. The number of nitrogens with one attached hydrogen (secondary N) is 2. The minimum Gasteiger partial charge on any atom is -0.488 e. The summed E-state index contributed by atoms with van der Waals surface area (Å²) in [6.45, 7) is 9.96. The van der Waals surface area contributed by atoms with Crippen LogP contribution in [0.15, 0.2) is 95.7 Å². The maximum Gasteiger partial charge on any atom is 0.335 e. The topological polar surface area (TPSA) is 108 Å². The number of rotatable bonds is 10. The molecule has 0 aliphatic carbocycles. The van der Waals surface area contributed by atoms with Gasteiger partial charge in [-0.25, -0.2) is 4.79 Å². The van der Waals surface area contributed by atoms with Gasteiger partial charge in [-0.15, -0.1) is 0 Å². The largest absolute Gasteiger partial charge is 0.488 e. The van der Waals surface area contributed by atoms with Gasteiger partial charge in [0, 0.05) is 57.8 Å². The Morgan fingerprint density at radius 3 is 2.35 bits per heavy atom. The van der Waals surface area contributed by atoms with Gasteiger partial charge in [-0.2, -0.15) is 0 Å². The van der Waals surface area contributed by atoms with Crippen molar-refractivity contribution in [1.82, 2.24) is 14.9 Å². The third-order valence-electron chi connectivity index (χ3n) is 7.27. The summed E-state index contributed by atoms with van der Waals surface area (Å²) in [7, 11) is 2.15. The molecule has 0 atom stereocenters. The average Bonchev–Trinajstić information content (AvgIpc) is 3.33.